The average molecular weight is 398 g/mol. The van der Waals surface area contributed by atoms with E-state index < -0.39 is 5.60 Å². The van der Waals surface area contributed by atoms with E-state index in [1.165, 1.54) is 45.2 Å². The van der Waals surface area contributed by atoms with Crippen molar-refractivity contribution < 1.29 is 9.84 Å². The summed E-state index contributed by atoms with van der Waals surface area (Å²) >= 11 is 0. The van der Waals surface area contributed by atoms with Gasteiger partial charge in [-0.3, -0.25) is 14.8 Å². The largest absolute Gasteiger partial charge is 0.387 e. The van der Waals surface area contributed by atoms with Crippen LogP contribution in [0, 0.1) is 0 Å². The number of likely N-dealkylation sites (tertiary alicyclic amines) is 1. The fourth-order valence-corrected chi connectivity index (χ4v) is 4.04. The molecule has 2 unspecified atom stereocenters. The molecule has 0 amide bonds. The number of guanidine groups is 1. The lowest BCUT2D eigenvalue weighted by molar-refractivity contribution is -0.0180. The van der Waals surface area contributed by atoms with Gasteiger partial charge in [0.25, 0.3) is 0 Å². The van der Waals surface area contributed by atoms with Crippen molar-refractivity contribution in [2.45, 2.75) is 64.5 Å². The molecule has 0 aromatic heterocycles. The van der Waals surface area contributed by atoms with Crippen molar-refractivity contribution in [3.05, 3.63) is 0 Å². The molecule has 0 saturated carbocycles. The van der Waals surface area contributed by atoms with Crippen molar-refractivity contribution >= 4 is 5.96 Å². The molecule has 0 bridgehead atoms. The third-order valence-electron chi connectivity index (χ3n) is 5.64. The maximum Gasteiger partial charge on any atom is 0.191 e. The van der Waals surface area contributed by atoms with Gasteiger partial charge in [0.2, 0.25) is 0 Å². The maximum atomic E-state index is 10.8. The number of hydrogen-bond acceptors (Lipinski definition) is 5. The highest BCUT2D eigenvalue weighted by Crippen LogP contribution is 2.17. The van der Waals surface area contributed by atoms with Gasteiger partial charge in [0.1, 0.15) is 0 Å². The third-order valence-corrected chi connectivity index (χ3v) is 5.64. The summed E-state index contributed by atoms with van der Waals surface area (Å²) in [5.41, 5.74) is -0.836. The molecule has 7 heteroatoms. The smallest absolute Gasteiger partial charge is 0.191 e. The molecule has 2 heterocycles. The van der Waals surface area contributed by atoms with E-state index in [1.54, 1.807) is 0 Å². The van der Waals surface area contributed by atoms with Crippen LogP contribution in [0.3, 0.4) is 0 Å². The lowest BCUT2D eigenvalue weighted by atomic mass is 10.0. The number of nitrogens with one attached hydrogen (secondary N) is 2. The van der Waals surface area contributed by atoms with Crippen molar-refractivity contribution in [2.75, 3.05) is 65.6 Å². The number of morpholine rings is 1. The van der Waals surface area contributed by atoms with E-state index in [0.29, 0.717) is 19.1 Å². The summed E-state index contributed by atoms with van der Waals surface area (Å²) in [5.74, 6) is 0.811. The normalized spacial score (nSPS) is 24.7. The van der Waals surface area contributed by atoms with Gasteiger partial charge in [0.05, 0.1) is 25.4 Å². The van der Waals surface area contributed by atoms with Crippen LogP contribution in [-0.2, 0) is 4.74 Å². The van der Waals surface area contributed by atoms with Gasteiger partial charge >= 0.3 is 0 Å². The highest BCUT2D eigenvalue weighted by molar-refractivity contribution is 5.79. The quantitative estimate of drug-likeness (QED) is 0.381. The molecule has 0 aliphatic carbocycles. The number of unbranched alkanes of at least 4 members (excludes halogenated alkanes) is 1. The van der Waals surface area contributed by atoms with Gasteiger partial charge in [-0.25, -0.2) is 0 Å². The second kappa shape index (κ2) is 12.6. The Morgan fingerprint density at radius 3 is 2.68 bits per heavy atom. The molecule has 0 radical (unpaired) electrons. The van der Waals surface area contributed by atoms with Crippen molar-refractivity contribution in [3.63, 3.8) is 0 Å². The fourth-order valence-electron chi connectivity index (χ4n) is 4.04. The molecular formula is C21H43N5O2. The molecule has 2 atom stereocenters. The van der Waals surface area contributed by atoms with E-state index in [1.807, 2.05) is 6.92 Å². The topological polar surface area (TPSA) is 72.4 Å². The molecule has 2 fully saturated rings. The number of β-amino-alcohol motifs (C(OH)–C–C–N with tert-alkyl or cyclic N) is 1. The fraction of sp³-hybridized carbons (Fsp3) is 0.952. The molecule has 0 spiro atoms. The summed E-state index contributed by atoms with van der Waals surface area (Å²) < 4.78 is 5.39. The number of ether oxygens (including phenoxy) is 1. The first-order valence-electron chi connectivity index (χ1n) is 11.3. The Labute approximate surface area is 171 Å². The molecule has 28 heavy (non-hydrogen) atoms. The summed E-state index contributed by atoms with van der Waals surface area (Å²) in [6.07, 6.45) is 6.41. The molecule has 164 valence electrons. The van der Waals surface area contributed by atoms with Crippen molar-refractivity contribution in [1.29, 1.82) is 0 Å². The first-order valence-corrected chi connectivity index (χ1v) is 11.3. The van der Waals surface area contributed by atoms with Gasteiger partial charge in [-0.15, -0.1) is 0 Å². The van der Waals surface area contributed by atoms with Crippen LogP contribution in [-0.4, -0.2) is 98.1 Å². The second-order valence-electron chi connectivity index (χ2n) is 8.50. The maximum absolute atomic E-state index is 10.8. The van der Waals surface area contributed by atoms with Crippen LogP contribution in [0.15, 0.2) is 4.99 Å². The van der Waals surface area contributed by atoms with Gasteiger partial charge in [-0.1, -0.05) is 19.8 Å². The number of piperidine rings is 1. The van der Waals surface area contributed by atoms with Crippen LogP contribution in [0.4, 0.5) is 0 Å². The summed E-state index contributed by atoms with van der Waals surface area (Å²) in [6.45, 7) is 14.7. The Kier molecular flexibility index (Phi) is 10.5. The monoisotopic (exact) mass is 397 g/mol. The minimum atomic E-state index is -0.836. The summed E-state index contributed by atoms with van der Waals surface area (Å²) in [5, 5.41) is 17.6. The highest BCUT2D eigenvalue weighted by atomic mass is 16.5. The molecule has 2 saturated heterocycles. The molecule has 3 N–H and O–H groups in total. The van der Waals surface area contributed by atoms with Crippen molar-refractivity contribution in [2.24, 2.45) is 4.99 Å². The predicted molar refractivity (Wildman–Crippen MR) is 116 cm³/mol. The number of aliphatic hydroxyl groups is 1. The minimum absolute atomic E-state index is 0.393. The van der Waals surface area contributed by atoms with E-state index >= 15 is 0 Å². The predicted octanol–water partition coefficient (Wildman–Crippen LogP) is 1.28. The Hall–Kier alpha value is -0.890. The summed E-state index contributed by atoms with van der Waals surface area (Å²) in [6, 6.07) is 0.581. The molecule has 0 aromatic carbocycles. The Morgan fingerprint density at radius 1 is 1.18 bits per heavy atom. The zero-order valence-electron chi connectivity index (χ0n) is 18.4. The van der Waals surface area contributed by atoms with E-state index in [0.717, 1.165) is 45.4 Å². The average Bonchev–Trinajstić information content (AvgIpc) is 2.69. The molecular weight excluding hydrogens is 354 g/mol. The van der Waals surface area contributed by atoms with Gasteiger partial charge < -0.3 is 20.5 Å². The lowest BCUT2D eigenvalue weighted by Gasteiger charge is -2.36. The molecule has 2 rings (SSSR count). The Morgan fingerprint density at radius 2 is 1.96 bits per heavy atom. The molecule has 2 aliphatic rings. The van der Waals surface area contributed by atoms with E-state index in [9.17, 15) is 5.11 Å². The Balaban J connectivity index is 1.84. The van der Waals surface area contributed by atoms with Gasteiger partial charge in [-0.05, 0) is 46.2 Å². The summed E-state index contributed by atoms with van der Waals surface area (Å²) in [7, 11) is 0. The van der Waals surface area contributed by atoms with Gasteiger partial charge in [-0.2, -0.15) is 0 Å². The van der Waals surface area contributed by atoms with E-state index in [4.69, 9.17) is 9.73 Å². The summed E-state index contributed by atoms with van der Waals surface area (Å²) in [4.78, 5) is 9.58. The highest BCUT2D eigenvalue weighted by Gasteiger charge is 2.26. The van der Waals surface area contributed by atoms with Crippen LogP contribution < -0.4 is 10.6 Å². The molecule has 7 nitrogen and oxygen atoms in total. The van der Waals surface area contributed by atoms with Crippen molar-refractivity contribution in [1.82, 2.24) is 20.4 Å². The van der Waals surface area contributed by atoms with Crippen LogP contribution in [0.25, 0.3) is 0 Å². The molecule has 2 aliphatic heterocycles. The van der Waals surface area contributed by atoms with E-state index in [2.05, 4.69) is 34.3 Å². The minimum Gasteiger partial charge on any atom is -0.387 e. The zero-order valence-corrected chi connectivity index (χ0v) is 18.4. The van der Waals surface area contributed by atoms with Crippen LogP contribution >= 0.6 is 0 Å². The van der Waals surface area contributed by atoms with E-state index in [-0.39, 0.29) is 0 Å². The SMILES string of the molecule is CCCCN1CCCCC1CNC(=NCC(C)(O)CN1CCOCC1)NCC. The lowest BCUT2D eigenvalue weighted by Crippen LogP contribution is -2.50. The van der Waals surface area contributed by atoms with Gasteiger partial charge in [0, 0.05) is 38.8 Å². The first-order chi connectivity index (χ1) is 13.5. The number of hydrogen-bond donors (Lipinski definition) is 3. The number of rotatable bonds is 10. The standard InChI is InChI=1S/C21H43N5O2/c1-4-6-10-26-11-8-7-9-19(26)16-23-20(22-5-2)24-17-21(3,27)18-25-12-14-28-15-13-25/h19,27H,4-18H2,1-3H3,(H2,22,23,24). The van der Waals surface area contributed by atoms with Crippen LogP contribution in [0.2, 0.25) is 0 Å². The first kappa shape index (κ1) is 23.4. The van der Waals surface area contributed by atoms with Crippen molar-refractivity contribution in [3.8, 4) is 0 Å². The Bertz CT molecular complexity index is 452. The number of aliphatic imine (C=N–C) groups is 1. The second-order valence-corrected chi connectivity index (χ2v) is 8.50. The third kappa shape index (κ3) is 8.64. The van der Waals surface area contributed by atoms with Crippen LogP contribution in [0.5, 0.6) is 0 Å². The zero-order chi connectivity index (χ0) is 20.2. The van der Waals surface area contributed by atoms with Crippen LogP contribution in [0.1, 0.15) is 52.9 Å². The molecule has 0 aromatic rings. The van der Waals surface area contributed by atoms with Gasteiger partial charge in [0.15, 0.2) is 5.96 Å². The number of nitrogens with zero attached hydrogens (tertiary/aromatic N) is 3.